The minimum absolute atomic E-state index is 0.0334. The van der Waals surface area contributed by atoms with E-state index in [4.69, 9.17) is 4.74 Å². The van der Waals surface area contributed by atoms with Crippen LogP contribution in [0.1, 0.15) is 30.2 Å². The number of aromatic nitrogens is 3. The number of ether oxygens (including phenoxy) is 1. The van der Waals surface area contributed by atoms with Crippen molar-refractivity contribution in [3.8, 4) is 10.7 Å². The van der Waals surface area contributed by atoms with Crippen LogP contribution in [0.25, 0.3) is 10.7 Å². The minimum atomic E-state index is -0.0334. The molecular weight excluding hydrogens is 392 g/mol. The number of thiophene rings is 1. The quantitative estimate of drug-likeness (QED) is 0.362. The van der Waals surface area contributed by atoms with E-state index in [-0.39, 0.29) is 5.91 Å². The molecule has 0 fully saturated rings. The summed E-state index contributed by atoms with van der Waals surface area (Å²) < 4.78 is 7.00. The summed E-state index contributed by atoms with van der Waals surface area (Å²) in [6.45, 7) is 7.79. The number of amides is 1. The summed E-state index contributed by atoms with van der Waals surface area (Å²) in [7, 11) is 1.62. The smallest absolute Gasteiger partial charge is 0.230 e. The lowest BCUT2D eigenvalue weighted by Gasteiger charge is -2.19. The highest BCUT2D eigenvalue weighted by Crippen LogP contribution is 2.38. The molecule has 0 unspecified atom stereocenters. The standard InChI is InChI=1S/C20H28N4O2S2/c1-4-9-24-19(17-12-15-11-14(5-2)6-7-16(15)28-17)22-23-20(24)27-13-18(25)21-8-10-26-3/h4,12,14H,1,5-11,13H2,2-3H3,(H,21,25)/t14-/m1/s1. The number of nitrogens with zero attached hydrogens (tertiary/aromatic N) is 3. The Bertz CT molecular complexity index is 815. The number of carbonyl (C=O) groups is 1. The monoisotopic (exact) mass is 420 g/mol. The van der Waals surface area contributed by atoms with E-state index in [1.165, 1.54) is 41.5 Å². The van der Waals surface area contributed by atoms with E-state index in [0.717, 1.165) is 28.2 Å². The Morgan fingerprint density at radius 1 is 1.54 bits per heavy atom. The first-order chi connectivity index (χ1) is 13.7. The first-order valence-corrected chi connectivity index (χ1v) is 11.5. The van der Waals surface area contributed by atoms with Crippen LogP contribution < -0.4 is 5.32 Å². The van der Waals surface area contributed by atoms with Crippen molar-refractivity contribution < 1.29 is 9.53 Å². The molecule has 0 spiro atoms. The molecule has 1 aliphatic rings. The zero-order valence-corrected chi connectivity index (χ0v) is 18.2. The van der Waals surface area contributed by atoms with E-state index < -0.39 is 0 Å². The summed E-state index contributed by atoms with van der Waals surface area (Å²) in [6, 6.07) is 2.29. The van der Waals surface area contributed by atoms with Gasteiger partial charge in [0.05, 0.1) is 17.2 Å². The van der Waals surface area contributed by atoms with E-state index in [0.29, 0.717) is 25.4 Å². The first-order valence-electron chi connectivity index (χ1n) is 9.70. The van der Waals surface area contributed by atoms with E-state index >= 15 is 0 Å². The van der Waals surface area contributed by atoms with Gasteiger partial charge in [0.2, 0.25) is 5.91 Å². The second-order valence-electron chi connectivity index (χ2n) is 6.91. The van der Waals surface area contributed by atoms with Crippen LogP contribution in [0.3, 0.4) is 0 Å². The van der Waals surface area contributed by atoms with Gasteiger partial charge in [-0.1, -0.05) is 31.2 Å². The van der Waals surface area contributed by atoms with Gasteiger partial charge in [-0.2, -0.15) is 0 Å². The molecule has 28 heavy (non-hydrogen) atoms. The molecule has 6 nitrogen and oxygen atoms in total. The van der Waals surface area contributed by atoms with E-state index in [1.54, 1.807) is 7.11 Å². The SMILES string of the molecule is C=CCn1c(SCC(=O)NCCOC)nnc1-c1cc2c(s1)CC[C@@H](CC)C2. The molecule has 0 saturated carbocycles. The summed E-state index contributed by atoms with van der Waals surface area (Å²) in [5.41, 5.74) is 1.47. The Kier molecular flexibility index (Phi) is 7.70. The molecule has 0 saturated heterocycles. The normalized spacial score (nSPS) is 16.0. The Labute approximate surface area is 174 Å². The molecule has 0 radical (unpaired) electrons. The van der Waals surface area contributed by atoms with Crippen molar-refractivity contribution in [2.24, 2.45) is 5.92 Å². The predicted molar refractivity (Wildman–Crippen MR) is 115 cm³/mol. The maximum Gasteiger partial charge on any atom is 0.230 e. The molecule has 0 aliphatic heterocycles. The molecule has 2 aromatic rings. The summed E-state index contributed by atoms with van der Waals surface area (Å²) in [4.78, 5) is 14.6. The third-order valence-corrected chi connectivity index (χ3v) is 7.17. The van der Waals surface area contributed by atoms with Crippen molar-refractivity contribution in [3.05, 3.63) is 29.2 Å². The molecule has 0 aromatic carbocycles. The molecule has 2 heterocycles. The van der Waals surface area contributed by atoms with Gasteiger partial charge >= 0.3 is 0 Å². The van der Waals surface area contributed by atoms with Gasteiger partial charge in [-0.25, -0.2) is 0 Å². The van der Waals surface area contributed by atoms with Gasteiger partial charge in [0.1, 0.15) is 0 Å². The molecule has 0 bridgehead atoms. The maximum atomic E-state index is 12.0. The second kappa shape index (κ2) is 10.2. The summed E-state index contributed by atoms with van der Waals surface area (Å²) >= 11 is 3.23. The van der Waals surface area contributed by atoms with Crippen LogP contribution in [0, 0.1) is 5.92 Å². The molecule has 152 valence electrons. The first kappa shape index (κ1) is 21.1. The molecular formula is C20H28N4O2S2. The molecule has 8 heteroatoms. The lowest BCUT2D eigenvalue weighted by Crippen LogP contribution is -2.28. The third kappa shape index (κ3) is 5.04. The summed E-state index contributed by atoms with van der Waals surface area (Å²) in [5.74, 6) is 1.94. The average molecular weight is 421 g/mol. The predicted octanol–water partition coefficient (Wildman–Crippen LogP) is 3.56. The van der Waals surface area contributed by atoms with Crippen LogP contribution in [0.4, 0.5) is 0 Å². The van der Waals surface area contributed by atoms with Crippen LogP contribution in [0.15, 0.2) is 23.9 Å². The van der Waals surface area contributed by atoms with Crippen molar-refractivity contribution in [3.63, 3.8) is 0 Å². The van der Waals surface area contributed by atoms with Crippen LogP contribution in [-0.2, 0) is 28.9 Å². The highest BCUT2D eigenvalue weighted by molar-refractivity contribution is 7.99. The van der Waals surface area contributed by atoms with Crippen molar-refractivity contribution in [1.82, 2.24) is 20.1 Å². The fraction of sp³-hybridized carbons (Fsp3) is 0.550. The van der Waals surface area contributed by atoms with Crippen LogP contribution >= 0.6 is 23.1 Å². The number of rotatable bonds is 10. The third-order valence-electron chi connectivity index (χ3n) is 4.97. The largest absolute Gasteiger partial charge is 0.383 e. The van der Waals surface area contributed by atoms with Crippen molar-refractivity contribution >= 4 is 29.0 Å². The number of carbonyl (C=O) groups excluding carboxylic acids is 1. The fourth-order valence-electron chi connectivity index (χ4n) is 3.40. The van der Waals surface area contributed by atoms with E-state index in [2.05, 4.69) is 39.7 Å². The number of hydrogen-bond acceptors (Lipinski definition) is 6. The Morgan fingerprint density at radius 3 is 3.14 bits per heavy atom. The van der Waals surface area contributed by atoms with Gasteiger partial charge in [0.15, 0.2) is 11.0 Å². The highest BCUT2D eigenvalue weighted by atomic mass is 32.2. The lowest BCUT2D eigenvalue weighted by molar-refractivity contribution is -0.118. The number of allylic oxidation sites excluding steroid dienone is 1. The molecule has 1 amide bonds. The van der Waals surface area contributed by atoms with Gasteiger partial charge in [0.25, 0.3) is 0 Å². The van der Waals surface area contributed by atoms with E-state index in [9.17, 15) is 4.79 Å². The number of methoxy groups -OCH3 is 1. The zero-order chi connectivity index (χ0) is 19.9. The summed E-state index contributed by atoms with van der Waals surface area (Å²) in [6.07, 6.45) is 6.70. The van der Waals surface area contributed by atoms with Gasteiger partial charge in [-0.15, -0.1) is 28.1 Å². The highest BCUT2D eigenvalue weighted by Gasteiger charge is 2.23. The number of fused-ring (bicyclic) bond motifs is 1. The van der Waals surface area contributed by atoms with Crippen LogP contribution in [-0.4, -0.2) is 46.7 Å². The minimum Gasteiger partial charge on any atom is -0.383 e. The molecule has 1 aliphatic carbocycles. The van der Waals surface area contributed by atoms with Crippen LogP contribution in [0.2, 0.25) is 0 Å². The van der Waals surface area contributed by atoms with Crippen molar-refractivity contribution in [2.75, 3.05) is 26.0 Å². The van der Waals surface area contributed by atoms with Gasteiger partial charge in [-0.3, -0.25) is 9.36 Å². The topological polar surface area (TPSA) is 69.0 Å². The molecule has 3 rings (SSSR count). The number of hydrogen-bond donors (Lipinski definition) is 1. The summed E-state index contributed by atoms with van der Waals surface area (Å²) in [5, 5.41) is 12.4. The number of aryl methyl sites for hydroxylation is 1. The molecule has 2 aromatic heterocycles. The van der Waals surface area contributed by atoms with Gasteiger partial charge < -0.3 is 10.1 Å². The Morgan fingerprint density at radius 2 is 2.39 bits per heavy atom. The van der Waals surface area contributed by atoms with Crippen LogP contribution in [0.5, 0.6) is 0 Å². The number of nitrogens with one attached hydrogen (secondary N) is 1. The maximum absolute atomic E-state index is 12.0. The second-order valence-corrected chi connectivity index (χ2v) is 8.99. The zero-order valence-electron chi connectivity index (χ0n) is 16.6. The van der Waals surface area contributed by atoms with Crippen molar-refractivity contribution in [1.29, 1.82) is 0 Å². The fourth-order valence-corrected chi connectivity index (χ4v) is 5.38. The Hall–Kier alpha value is -1.64. The average Bonchev–Trinajstić information content (AvgIpc) is 3.30. The molecule has 1 N–H and O–H groups in total. The van der Waals surface area contributed by atoms with Gasteiger partial charge in [-0.05, 0) is 36.8 Å². The van der Waals surface area contributed by atoms with Gasteiger partial charge in [0, 0.05) is 25.1 Å². The lowest BCUT2D eigenvalue weighted by atomic mass is 9.87. The Balaban J connectivity index is 1.73. The molecule has 1 atom stereocenters. The van der Waals surface area contributed by atoms with E-state index in [1.807, 2.05) is 17.4 Å². The number of thioether (sulfide) groups is 1. The van der Waals surface area contributed by atoms with Crippen molar-refractivity contribution in [2.45, 2.75) is 44.3 Å².